The van der Waals surface area contributed by atoms with E-state index in [2.05, 4.69) is 4.99 Å². The zero-order valence-electron chi connectivity index (χ0n) is 20.0. The summed E-state index contributed by atoms with van der Waals surface area (Å²) in [5, 5.41) is 11.0. The number of thiazole rings is 1. The summed E-state index contributed by atoms with van der Waals surface area (Å²) < 4.78 is 13.8. The molecule has 4 rings (SSSR count). The fourth-order valence-corrected chi connectivity index (χ4v) is 6.09. The van der Waals surface area contributed by atoms with E-state index in [9.17, 15) is 14.7 Å². The fourth-order valence-electron chi connectivity index (χ4n) is 3.99. The Morgan fingerprint density at radius 2 is 2.06 bits per heavy atom. The monoisotopic (exact) mass is 638 g/mol. The third-order valence-corrected chi connectivity index (χ3v) is 7.46. The van der Waals surface area contributed by atoms with Crippen LogP contribution in [0.3, 0.4) is 0 Å². The molecule has 0 saturated heterocycles. The minimum absolute atomic E-state index is 0.0291. The van der Waals surface area contributed by atoms with Crippen LogP contribution in [0.2, 0.25) is 5.02 Å². The lowest BCUT2D eigenvalue weighted by molar-refractivity contribution is -0.139. The number of phenolic OH excluding ortho intramolecular Hbond substituents is 1. The van der Waals surface area contributed by atoms with Gasteiger partial charge in [0.25, 0.3) is 5.56 Å². The summed E-state index contributed by atoms with van der Waals surface area (Å²) in [5.41, 5.74) is 1.45. The maximum absolute atomic E-state index is 13.8. The molecule has 0 unspecified atom stereocenters. The second-order valence-corrected chi connectivity index (χ2v) is 10.9. The number of nitrogens with zero attached hydrogens (tertiary/aromatic N) is 2. The highest BCUT2D eigenvalue weighted by molar-refractivity contribution is 14.1. The van der Waals surface area contributed by atoms with Crippen molar-refractivity contribution in [1.29, 1.82) is 0 Å². The smallest absolute Gasteiger partial charge is 0.338 e. The molecule has 2 aromatic carbocycles. The van der Waals surface area contributed by atoms with Crippen LogP contribution in [0, 0.1) is 3.57 Å². The van der Waals surface area contributed by atoms with Gasteiger partial charge >= 0.3 is 5.97 Å². The van der Waals surface area contributed by atoms with Crippen LogP contribution in [0.15, 0.2) is 57.5 Å². The number of hydrogen-bond acceptors (Lipinski definition) is 7. The molecule has 1 N–H and O–H groups in total. The highest BCUT2D eigenvalue weighted by Crippen LogP contribution is 2.36. The largest absolute Gasteiger partial charge is 0.506 e. The van der Waals surface area contributed by atoms with E-state index in [0.717, 1.165) is 0 Å². The van der Waals surface area contributed by atoms with Crippen LogP contribution in [0.25, 0.3) is 6.08 Å². The Labute approximate surface area is 230 Å². The standard InChI is InChI=1S/C26H24ClIN2O5S/c1-5-34-25(33)21-14(4)29-26-30(22(21)17-8-6-7-9-19(17)35-13(2)3)24(32)20(36-26)11-15-10-16(27)12-18(28)23(15)31/h6-13,22,31H,5H2,1-4H3/b20-11+/t22-/m1/s1. The van der Waals surface area contributed by atoms with Gasteiger partial charge in [0.15, 0.2) is 4.80 Å². The molecule has 1 atom stereocenters. The van der Waals surface area contributed by atoms with Crippen LogP contribution in [-0.4, -0.2) is 28.4 Å². The Kier molecular flexibility index (Phi) is 7.91. The first-order valence-corrected chi connectivity index (χ1v) is 13.5. The molecule has 1 aliphatic heterocycles. The van der Waals surface area contributed by atoms with Crippen molar-refractivity contribution in [2.24, 2.45) is 4.99 Å². The van der Waals surface area contributed by atoms with Gasteiger partial charge in [-0.15, -0.1) is 0 Å². The second kappa shape index (κ2) is 10.8. The van der Waals surface area contributed by atoms with Crippen LogP contribution in [0.5, 0.6) is 11.5 Å². The Morgan fingerprint density at radius 1 is 1.33 bits per heavy atom. The van der Waals surface area contributed by atoms with Gasteiger partial charge in [-0.05, 0) is 74.6 Å². The van der Waals surface area contributed by atoms with E-state index in [1.807, 2.05) is 60.7 Å². The minimum atomic E-state index is -0.800. The second-order valence-electron chi connectivity index (χ2n) is 8.33. The summed E-state index contributed by atoms with van der Waals surface area (Å²) in [6.07, 6.45) is 1.47. The average molecular weight is 639 g/mol. The van der Waals surface area contributed by atoms with Crippen LogP contribution in [0.1, 0.15) is 44.9 Å². The van der Waals surface area contributed by atoms with E-state index in [1.54, 1.807) is 32.1 Å². The lowest BCUT2D eigenvalue weighted by Crippen LogP contribution is -2.40. The number of para-hydroxylation sites is 1. The molecule has 188 valence electrons. The summed E-state index contributed by atoms with van der Waals surface area (Å²) in [6, 6.07) is 9.76. The molecule has 2 heterocycles. The molecule has 1 aliphatic rings. The first-order chi connectivity index (χ1) is 17.1. The number of fused-ring (bicyclic) bond motifs is 1. The molecule has 3 aromatic rings. The van der Waals surface area contributed by atoms with Crippen LogP contribution in [0.4, 0.5) is 0 Å². The van der Waals surface area contributed by atoms with Gasteiger partial charge in [-0.3, -0.25) is 9.36 Å². The van der Waals surface area contributed by atoms with E-state index >= 15 is 0 Å². The molecule has 1 aromatic heterocycles. The summed E-state index contributed by atoms with van der Waals surface area (Å²) in [7, 11) is 0. The predicted octanol–water partition coefficient (Wildman–Crippen LogP) is 4.55. The molecule has 0 spiro atoms. The van der Waals surface area contributed by atoms with Gasteiger partial charge in [0.2, 0.25) is 0 Å². The van der Waals surface area contributed by atoms with Crippen molar-refractivity contribution in [3.8, 4) is 11.5 Å². The van der Waals surface area contributed by atoms with Gasteiger partial charge in [-0.1, -0.05) is 41.1 Å². The van der Waals surface area contributed by atoms with Crippen molar-refractivity contribution in [2.75, 3.05) is 6.61 Å². The third-order valence-electron chi connectivity index (χ3n) is 5.44. The van der Waals surface area contributed by atoms with Gasteiger partial charge in [-0.25, -0.2) is 9.79 Å². The fraction of sp³-hybridized carbons (Fsp3) is 0.269. The molecule has 0 saturated carbocycles. The van der Waals surface area contributed by atoms with Gasteiger partial charge in [-0.2, -0.15) is 0 Å². The van der Waals surface area contributed by atoms with Crippen LogP contribution < -0.4 is 19.6 Å². The zero-order chi connectivity index (χ0) is 26.1. The number of esters is 1. The highest BCUT2D eigenvalue weighted by atomic mass is 127. The number of aromatic nitrogens is 1. The molecular weight excluding hydrogens is 615 g/mol. The first-order valence-electron chi connectivity index (χ1n) is 11.3. The van der Waals surface area contributed by atoms with Crippen LogP contribution in [-0.2, 0) is 9.53 Å². The Hall–Kier alpha value is -2.63. The summed E-state index contributed by atoms with van der Waals surface area (Å²) in [5.74, 6) is 0.0477. The maximum Gasteiger partial charge on any atom is 0.338 e. The van der Waals surface area contributed by atoms with Gasteiger partial charge < -0.3 is 14.6 Å². The number of halogens is 2. The molecule has 10 heteroatoms. The Balaban J connectivity index is 2.01. The number of benzene rings is 2. The predicted molar refractivity (Wildman–Crippen MR) is 148 cm³/mol. The normalized spacial score (nSPS) is 15.6. The van der Waals surface area contributed by atoms with E-state index in [-0.39, 0.29) is 29.6 Å². The third kappa shape index (κ3) is 5.09. The first kappa shape index (κ1) is 26.4. The number of rotatable bonds is 6. The lowest BCUT2D eigenvalue weighted by Gasteiger charge is -2.26. The van der Waals surface area contributed by atoms with Crippen molar-refractivity contribution < 1.29 is 19.4 Å². The number of carbonyl (C=O) groups is 1. The highest BCUT2D eigenvalue weighted by Gasteiger charge is 2.35. The van der Waals surface area contributed by atoms with E-state index in [4.69, 9.17) is 21.1 Å². The zero-order valence-corrected chi connectivity index (χ0v) is 23.8. The maximum atomic E-state index is 13.8. The summed E-state index contributed by atoms with van der Waals surface area (Å²) in [6.45, 7) is 7.46. The molecule has 36 heavy (non-hydrogen) atoms. The van der Waals surface area contributed by atoms with E-state index in [0.29, 0.717) is 40.5 Å². The summed E-state index contributed by atoms with van der Waals surface area (Å²) in [4.78, 5) is 31.9. The Morgan fingerprint density at radius 3 is 2.75 bits per heavy atom. The number of allylic oxidation sites excluding steroid dienone is 1. The van der Waals surface area contributed by atoms with Crippen molar-refractivity contribution in [1.82, 2.24) is 4.57 Å². The van der Waals surface area contributed by atoms with Crippen molar-refractivity contribution in [3.63, 3.8) is 0 Å². The van der Waals surface area contributed by atoms with Crippen molar-refractivity contribution >= 4 is 57.6 Å². The number of phenols is 1. The quantitative estimate of drug-likeness (QED) is 0.316. The summed E-state index contributed by atoms with van der Waals surface area (Å²) >= 11 is 9.34. The molecular formula is C26H24ClIN2O5S. The minimum Gasteiger partial charge on any atom is -0.506 e. The van der Waals surface area contributed by atoms with Crippen molar-refractivity contribution in [2.45, 2.75) is 39.8 Å². The number of carbonyl (C=O) groups excluding carboxylic acids is 1. The number of aromatic hydroxyl groups is 1. The van der Waals surface area contributed by atoms with Crippen molar-refractivity contribution in [3.05, 3.63) is 87.1 Å². The molecule has 7 nitrogen and oxygen atoms in total. The molecule has 0 aliphatic carbocycles. The molecule has 0 radical (unpaired) electrons. The lowest BCUT2D eigenvalue weighted by atomic mass is 9.95. The number of hydrogen-bond donors (Lipinski definition) is 1. The van der Waals surface area contributed by atoms with Gasteiger partial charge in [0, 0.05) is 16.1 Å². The SMILES string of the molecule is CCOC(=O)C1=C(C)N=c2s/c(=C/c3cc(Cl)cc(I)c3O)c(=O)n2[C@@H]1c1ccccc1OC(C)C. The van der Waals surface area contributed by atoms with Gasteiger partial charge in [0.05, 0.1) is 32.1 Å². The van der Waals surface area contributed by atoms with Gasteiger partial charge in [0.1, 0.15) is 17.5 Å². The van der Waals surface area contributed by atoms with E-state index in [1.165, 1.54) is 15.9 Å². The molecule has 0 bridgehead atoms. The van der Waals surface area contributed by atoms with E-state index < -0.39 is 12.0 Å². The molecule has 0 fully saturated rings. The average Bonchev–Trinajstić information content (AvgIpc) is 3.11. The van der Waals surface area contributed by atoms with Crippen LogP contribution >= 0.6 is 45.5 Å². The molecule has 0 amide bonds. The Bertz CT molecular complexity index is 1560. The number of ether oxygens (including phenoxy) is 2. The topological polar surface area (TPSA) is 90.1 Å².